The Morgan fingerprint density at radius 1 is 1.00 bits per heavy atom. The van der Waals surface area contributed by atoms with Gasteiger partial charge < -0.3 is 4.74 Å². The first-order valence-electron chi connectivity index (χ1n) is 8.93. The van der Waals surface area contributed by atoms with Gasteiger partial charge in [0.05, 0.1) is 31.1 Å². The fourth-order valence-electron chi connectivity index (χ4n) is 2.64. The summed E-state index contributed by atoms with van der Waals surface area (Å²) in [6.07, 6.45) is 1.43. The van der Waals surface area contributed by atoms with Gasteiger partial charge in [-0.25, -0.2) is 0 Å². The van der Waals surface area contributed by atoms with Crippen molar-refractivity contribution in [2.24, 2.45) is 5.10 Å². The molecule has 0 fully saturated rings. The lowest BCUT2D eigenvalue weighted by Crippen LogP contribution is -2.00. The number of hydrogen-bond donors (Lipinski definition) is 1. The maximum Gasteiger partial charge on any atom is 0.301 e. The molecule has 0 aliphatic rings. The Bertz CT molecular complexity index is 1250. The van der Waals surface area contributed by atoms with Gasteiger partial charge in [-0.3, -0.25) is 25.7 Å². The van der Waals surface area contributed by atoms with Gasteiger partial charge in [0.15, 0.2) is 0 Å². The molecule has 3 aromatic rings. The van der Waals surface area contributed by atoms with E-state index in [1.807, 2.05) is 0 Å². The van der Waals surface area contributed by atoms with E-state index in [1.165, 1.54) is 12.3 Å². The molecule has 0 unspecified atom stereocenters. The highest BCUT2D eigenvalue weighted by atomic mass is 79.9. The molecule has 0 bridgehead atoms. The number of nitro benzene ring substituents is 2. The van der Waals surface area contributed by atoms with Gasteiger partial charge in [-0.1, -0.05) is 29.3 Å². The van der Waals surface area contributed by atoms with Crippen LogP contribution < -0.4 is 10.2 Å². The molecule has 0 radical (unpaired) electrons. The molecule has 3 rings (SSSR count). The van der Waals surface area contributed by atoms with Crippen LogP contribution in [0.4, 0.5) is 17.1 Å². The van der Waals surface area contributed by atoms with E-state index in [-0.39, 0.29) is 18.0 Å². The second-order valence-electron chi connectivity index (χ2n) is 6.42. The van der Waals surface area contributed by atoms with Crippen molar-refractivity contribution in [2.45, 2.75) is 6.61 Å². The zero-order valence-electron chi connectivity index (χ0n) is 16.3. The molecule has 3 aromatic carbocycles. The maximum atomic E-state index is 11.2. The molecule has 0 heterocycles. The Kier molecular flexibility index (Phi) is 8.25. The number of halogens is 4. The van der Waals surface area contributed by atoms with Crippen LogP contribution in [0.5, 0.6) is 5.75 Å². The normalized spacial score (nSPS) is 10.9. The highest BCUT2D eigenvalue weighted by molar-refractivity contribution is 9.11. The number of hydrogen-bond acceptors (Lipinski definition) is 7. The molecule has 170 valence electrons. The number of anilines is 1. The van der Waals surface area contributed by atoms with E-state index >= 15 is 0 Å². The fraction of sp³-hybridized carbons (Fsp3) is 0.0500. The highest BCUT2D eigenvalue weighted by Gasteiger charge is 2.19. The van der Waals surface area contributed by atoms with Crippen LogP contribution in [0, 0.1) is 20.2 Å². The van der Waals surface area contributed by atoms with Crippen LogP contribution in [0.2, 0.25) is 10.0 Å². The quantitative estimate of drug-likeness (QED) is 0.160. The maximum absolute atomic E-state index is 11.2. The molecule has 1 N–H and O–H groups in total. The van der Waals surface area contributed by atoms with E-state index in [4.69, 9.17) is 27.9 Å². The summed E-state index contributed by atoms with van der Waals surface area (Å²) >= 11 is 19.0. The van der Waals surface area contributed by atoms with Crippen LogP contribution >= 0.6 is 55.1 Å². The number of non-ortho nitro benzene ring substituents is 1. The van der Waals surface area contributed by atoms with Crippen LogP contribution in [-0.4, -0.2) is 16.1 Å². The number of nitrogens with zero attached hydrogens (tertiary/aromatic N) is 3. The van der Waals surface area contributed by atoms with Crippen molar-refractivity contribution in [2.75, 3.05) is 5.43 Å². The highest BCUT2D eigenvalue weighted by Crippen LogP contribution is 2.36. The topological polar surface area (TPSA) is 120 Å². The Morgan fingerprint density at radius 3 is 2.30 bits per heavy atom. The van der Waals surface area contributed by atoms with Crippen molar-refractivity contribution in [1.29, 1.82) is 0 Å². The summed E-state index contributed by atoms with van der Waals surface area (Å²) in [7, 11) is 0. The average Bonchev–Trinajstić information content (AvgIpc) is 2.74. The molecular formula is C20H12Br2Cl2N4O5. The summed E-state index contributed by atoms with van der Waals surface area (Å²) in [6, 6.07) is 11.8. The van der Waals surface area contributed by atoms with Crippen LogP contribution in [0.3, 0.4) is 0 Å². The fourth-order valence-corrected chi connectivity index (χ4v) is 4.55. The van der Waals surface area contributed by atoms with Crippen molar-refractivity contribution in [3.63, 3.8) is 0 Å². The van der Waals surface area contributed by atoms with Gasteiger partial charge in [-0.2, -0.15) is 5.10 Å². The average molecular weight is 619 g/mol. The lowest BCUT2D eigenvalue weighted by atomic mass is 10.2. The third-order valence-electron chi connectivity index (χ3n) is 4.20. The van der Waals surface area contributed by atoms with Crippen LogP contribution in [0.25, 0.3) is 0 Å². The Morgan fingerprint density at radius 2 is 1.70 bits per heavy atom. The Labute approximate surface area is 213 Å². The van der Waals surface area contributed by atoms with Crippen molar-refractivity contribution in [3.8, 4) is 5.75 Å². The van der Waals surface area contributed by atoms with Gasteiger partial charge in [0, 0.05) is 21.7 Å². The van der Waals surface area contributed by atoms with E-state index in [1.54, 1.807) is 30.3 Å². The third kappa shape index (κ3) is 6.41. The smallest absolute Gasteiger partial charge is 0.301 e. The summed E-state index contributed by atoms with van der Waals surface area (Å²) in [5.74, 6) is 0.539. The number of benzene rings is 3. The Hall–Kier alpha value is -2.73. The SMILES string of the molecule is O=[N+]([O-])c1ccc(N/N=C\c2cc(Br)c(OCc3ccc(Cl)cc3Cl)c(Br)c2)c([N+](=O)[O-])c1. The first-order chi connectivity index (χ1) is 15.7. The summed E-state index contributed by atoms with van der Waals surface area (Å²) in [5, 5.41) is 27.1. The standard InChI is InChI=1S/C20H12Br2Cl2N4O5/c21-15-5-11(6-16(22)20(15)33-10-12-1-2-13(23)7-17(12)24)9-25-26-18-4-3-14(27(29)30)8-19(18)28(31)32/h1-9,26H,10H2/b25-9-. The zero-order valence-corrected chi connectivity index (χ0v) is 21.0. The van der Waals surface area contributed by atoms with Gasteiger partial charge in [0.25, 0.3) is 5.69 Å². The van der Waals surface area contributed by atoms with E-state index in [0.717, 1.165) is 17.7 Å². The second-order valence-corrected chi connectivity index (χ2v) is 8.98. The Balaban J connectivity index is 1.74. The molecule has 0 aliphatic carbocycles. The minimum Gasteiger partial charge on any atom is -0.486 e. The van der Waals surface area contributed by atoms with Gasteiger partial charge in [0.1, 0.15) is 18.0 Å². The monoisotopic (exact) mass is 616 g/mol. The number of hydrazone groups is 1. The summed E-state index contributed by atoms with van der Waals surface area (Å²) < 4.78 is 7.12. The number of rotatable bonds is 8. The van der Waals surface area contributed by atoms with E-state index in [0.29, 0.717) is 30.3 Å². The molecule has 0 aliphatic heterocycles. The lowest BCUT2D eigenvalue weighted by Gasteiger charge is -2.12. The molecule has 13 heteroatoms. The number of nitro groups is 2. The molecule has 0 saturated carbocycles. The third-order valence-corrected chi connectivity index (χ3v) is 5.96. The lowest BCUT2D eigenvalue weighted by molar-refractivity contribution is -0.393. The zero-order chi connectivity index (χ0) is 24.1. The predicted molar refractivity (Wildman–Crippen MR) is 134 cm³/mol. The van der Waals surface area contributed by atoms with Crippen molar-refractivity contribution in [1.82, 2.24) is 0 Å². The molecule has 0 spiro atoms. The van der Waals surface area contributed by atoms with Crippen molar-refractivity contribution in [3.05, 3.63) is 98.9 Å². The minimum absolute atomic E-state index is 0.0137. The predicted octanol–water partition coefficient (Wildman–Crippen LogP) is 7.36. The van der Waals surface area contributed by atoms with E-state index in [2.05, 4.69) is 42.4 Å². The molecule has 33 heavy (non-hydrogen) atoms. The first-order valence-corrected chi connectivity index (χ1v) is 11.3. The van der Waals surface area contributed by atoms with Crippen LogP contribution in [0.15, 0.2) is 62.6 Å². The second kappa shape index (κ2) is 10.9. The summed E-state index contributed by atoms with van der Waals surface area (Å²) in [6.45, 7) is 0.214. The van der Waals surface area contributed by atoms with Crippen molar-refractivity contribution < 1.29 is 14.6 Å². The largest absolute Gasteiger partial charge is 0.486 e. The van der Waals surface area contributed by atoms with E-state index < -0.39 is 15.5 Å². The van der Waals surface area contributed by atoms with Crippen molar-refractivity contribution >= 4 is 78.3 Å². The number of nitrogens with one attached hydrogen (secondary N) is 1. The minimum atomic E-state index is -0.725. The van der Waals surface area contributed by atoms with Gasteiger partial charge in [-0.05, 0) is 67.8 Å². The molecule has 0 aromatic heterocycles. The van der Waals surface area contributed by atoms with Crippen LogP contribution in [0.1, 0.15) is 11.1 Å². The summed E-state index contributed by atoms with van der Waals surface area (Å²) in [5.41, 5.74) is 3.10. The molecule has 0 amide bonds. The summed E-state index contributed by atoms with van der Waals surface area (Å²) in [4.78, 5) is 20.6. The molecule has 0 atom stereocenters. The van der Waals surface area contributed by atoms with Gasteiger partial charge in [-0.15, -0.1) is 0 Å². The first kappa shape index (κ1) is 24.9. The van der Waals surface area contributed by atoms with Crippen LogP contribution in [-0.2, 0) is 6.61 Å². The van der Waals surface area contributed by atoms with E-state index in [9.17, 15) is 20.2 Å². The molecule has 9 nitrogen and oxygen atoms in total. The number of ether oxygens (including phenoxy) is 1. The molecule has 0 saturated heterocycles. The van der Waals surface area contributed by atoms with Gasteiger partial charge >= 0.3 is 5.69 Å². The van der Waals surface area contributed by atoms with Gasteiger partial charge in [0.2, 0.25) is 0 Å². The molecular weight excluding hydrogens is 607 g/mol.